The summed E-state index contributed by atoms with van der Waals surface area (Å²) in [6, 6.07) is 0.278. The minimum Gasteiger partial charge on any atom is -0.374 e. The average Bonchev–Trinajstić information content (AvgIpc) is 2.88. The molecule has 0 saturated carbocycles. The molecule has 0 aliphatic carbocycles. The molecule has 0 N–H and O–H groups in total. The van der Waals surface area contributed by atoms with Crippen molar-refractivity contribution in [3.05, 3.63) is 12.3 Å². The first kappa shape index (κ1) is 10.5. The molecule has 0 unspecified atom stereocenters. The average molecular weight is 208 g/mol. The van der Waals surface area contributed by atoms with Crippen LogP contribution in [0.15, 0.2) is 12.3 Å². The highest BCUT2D eigenvalue weighted by molar-refractivity contribution is 5.74. The van der Waals surface area contributed by atoms with Gasteiger partial charge >= 0.3 is 0 Å². The lowest BCUT2D eigenvalue weighted by molar-refractivity contribution is -0.129. The molecule has 1 amide bonds. The fourth-order valence-electron chi connectivity index (χ4n) is 2.71. The van der Waals surface area contributed by atoms with Gasteiger partial charge in [-0.05, 0) is 25.7 Å². The number of hydrogen-bond acceptors (Lipinski definition) is 2. The Kier molecular flexibility index (Phi) is 2.98. The lowest BCUT2D eigenvalue weighted by Gasteiger charge is -2.31. The van der Waals surface area contributed by atoms with Crippen LogP contribution in [0.3, 0.4) is 0 Å². The van der Waals surface area contributed by atoms with Gasteiger partial charge in [0.15, 0.2) is 0 Å². The quantitative estimate of drug-likeness (QED) is 0.688. The van der Waals surface area contributed by atoms with Gasteiger partial charge in [0.05, 0.1) is 6.04 Å². The third-order valence-corrected chi connectivity index (χ3v) is 3.55. The number of nitrogens with zero attached hydrogens (tertiary/aromatic N) is 2. The van der Waals surface area contributed by atoms with Crippen molar-refractivity contribution in [2.75, 3.05) is 19.6 Å². The number of carbonyl (C=O) groups is 1. The zero-order valence-corrected chi connectivity index (χ0v) is 9.54. The first-order valence-corrected chi connectivity index (χ1v) is 5.91. The van der Waals surface area contributed by atoms with E-state index in [-0.39, 0.29) is 11.9 Å². The zero-order chi connectivity index (χ0) is 10.8. The second kappa shape index (κ2) is 4.25. The van der Waals surface area contributed by atoms with Gasteiger partial charge in [0.1, 0.15) is 0 Å². The first-order chi connectivity index (χ1) is 7.20. The molecule has 1 atom stereocenters. The maximum Gasteiger partial charge on any atom is 0.220 e. The summed E-state index contributed by atoms with van der Waals surface area (Å²) in [6.45, 7) is 9.01. The molecule has 0 aromatic carbocycles. The van der Waals surface area contributed by atoms with Crippen LogP contribution in [0.4, 0.5) is 0 Å². The summed E-state index contributed by atoms with van der Waals surface area (Å²) in [5.74, 6) is 0.192. The number of hydrogen-bond donors (Lipinski definition) is 0. The largest absolute Gasteiger partial charge is 0.374 e. The molecule has 2 rings (SSSR count). The Balaban J connectivity index is 2.02. The molecule has 2 fully saturated rings. The predicted molar refractivity (Wildman–Crippen MR) is 60.4 cm³/mol. The van der Waals surface area contributed by atoms with Gasteiger partial charge < -0.3 is 9.80 Å². The van der Waals surface area contributed by atoms with Crippen LogP contribution >= 0.6 is 0 Å². The van der Waals surface area contributed by atoms with Crippen molar-refractivity contribution in [2.24, 2.45) is 0 Å². The van der Waals surface area contributed by atoms with E-state index in [1.165, 1.54) is 18.5 Å². The Bertz CT molecular complexity index is 269. The van der Waals surface area contributed by atoms with Gasteiger partial charge in [0.2, 0.25) is 5.91 Å². The van der Waals surface area contributed by atoms with E-state index in [4.69, 9.17) is 0 Å². The van der Waals surface area contributed by atoms with Gasteiger partial charge in [0, 0.05) is 32.3 Å². The second-order valence-electron chi connectivity index (χ2n) is 4.56. The molecule has 2 saturated heterocycles. The number of likely N-dealkylation sites (tertiary alicyclic amines) is 2. The molecule has 3 nitrogen and oxygen atoms in total. The van der Waals surface area contributed by atoms with Gasteiger partial charge in [-0.3, -0.25) is 4.79 Å². The third kappa shape index (κ3) is 2.01. The standard InChI is InChI=1S/C12H20N2O/c1-10(13-7-3-4-8-13)12-6-5-9-14(12)11(2)15/h12H,1,3-9H2,2H3/t12-/m1/s1. The summed E-state index contributed by atoms with van der Waals surface area (Å²) >= 11 is 0. The minimum absolute atomic E-state index is 0.192. The Hall–Kier alpha value is -0.990. The van der Waals surface area contributed by atoms with Gasteiger partial charge in [-0.2, -0.15) is 0 Å². The molecule has 2 aliphatic heterocycles. The second-order valence-corrected chi connectivity index (χ2v) is 4.56. The molecular formula is C12H20N2O. The lowest BCUT2D eigenvalue weighted by atomic mass is 10.1. The summed E-state index contributed by atoms with van der Waals surface area (Å²) in [5.41, 5.74) is 1.17. The normalized spacial score (nSPS) is 26.1. The van der Waals surface area contributed by atoms with Crippen LogP contribution < -0.4 is 0 Å². The third-order valence-electron chi connectivity index (χ3n) is 3.55. The van der Waals surface area contributed by atoms with E-state index in [1.807, 2.05) is 4.90 Å². The highest BCUT2D eigenvalue weighted by Gasteiger charge is 2.31. The van der Waals surface area contributed by atoms with Crippen LogP contribution in [-0.4, -0.2) is 41.4 Å². The minimum atomic E-state index is 0.192. The summed E-state index contributed by atoms with van der Waals surface area (Å²) in [7, 11) is 0. The summed E-state index contributed by atoms with van der Waals surface area (Å²) in [6.07, 6.45) is 4.75. The van der Waals surface area contributed by atoms with Crippen LogP contribution in [0.1, 0.15) is 32.6 Å². The highest BCUT2D eigenvalue weighted by Crippen LogP contribution is 2.27. The summed E-state index contributed by atoms with van der Waals surface area (Å²) in [5, 5.41) is 0. The molecule has 2 aliphatic rings. The van der Waals surface area contributed by atoms with E-state index in [2.05, 4.69) is 11.5 Å². The van der Waals surface area contributed by atoms with Crippen LogP contribution in [0.2, 0.25) is 0 Å². The van der Waals surface area contributed by atoms with Crippen LogP contribution in [0, 0.1) is 0 Å². The first-order valence-electron chi connectivity index (χ1n) is 5.91. The number of amides is 1. The van der Waals surface area contributed by atoms with E-state index in [1.54, 1.807) is 6.92 Å². The maximum absolute atomic E-state index is 11.4. The molecular weight excluding hydrogens is 188 g/mol. The lowest BCUT2D eigenvalue weighted by Crippen LogP contribution is -2.39. The molecule has 0 radical (unpaired) electrons. The number of carbonyl (C=O) groups excluding carboxylic acids is 1. The number of rotatable bonds is 2. The van der Waals surface area contributed by atoms with Gasteiger partial charge in [0.25, 0.3) is 0 Å². The summed E-state index contributed by atoms with van der Waals surface area (Å²) < 4.78 is 0. The van der Waals surface area contributed by atoms with Crippen LogP contribution in [0.5, 0.6) is 0 Å². The molecule has 0 spiro atoms. The van der Waals surface area contributed by atoms with Crippen molar-refractivity contribution in [1.82, 2.24) is 9.80 Å². The predicted octanol–water partition coefficient (Wildman–Crippen LogP) is 1.61. The summed E-state index contributed by atoms with van der Waals surface area (Å²) in [4.78, 5) is 15.8. The highest BCUT2D eigenvalue weighted by atomic mass is 16.2. The van der Waals surface area contributed by atoms with Crippen molar-refractivity contribution in [2.45, 2.75) is 38.6 Å². The molecule has 0 aromatic heterocycles. The molecule has 3 heteroatoms. The Morgan fingerprint density at radius 1 is 1.20 bits per heavy atom. The van der Waals surface area contributed by atoms with Crippen molar-refractivity contribution in [3.8, 4) is 0 Å². The zero-order valence-electron chi connectivity index (χ0n) is 9.54. The SMILES string of the molecule is C=C([C@H]1CCCN1C(C)=O)N1CCCC1. The van der Waals surface area contributed by atoms with Crippen LogP contribution in [0.25, 0.3) is 0 Å². The fourth-order valence-corrected chi connectivity index (χ4v) is 2.71. The van der Waals surface area contributed by atoms with Crippen LogP contribution in [-0.2, 0) is 4.79 Å². The Labute approximate surface area is 91.7 Å². The van der Waals surface area contributed by atoms with E-state index in [0.29, 0.717) is 0 Å². The Morgan fingerprint density at radius 3 is 2.47 bits per heavy atom. The van der Waals surface area contributed by atoms with Crippen molar-refractivity contribution < 1.29 is 4.79 Å². The van der Waals surface area contributed by atoms with E-state index in [0.717, 1.165) is 32.5 Å². The fraction of sp³-hybridized carbons (Fsp3) is 0.750. The molecule has 2 heterocycles. The van der Waals surface area contributed by atoms with Crippen molar-refractivity contribution in [1.29, 1.82) is 0 Å². The van der Waals surface area contributed by atoms with Gasteiger partial charge in [-0.1, -0.05) is 6.58 Å². The van der Waals surface area contributed by atoms with E-state index >= 15 is 0 Å². The van der Waals surface area contributed by atoms with Crippen molar-refractivity contribution >= 4 is 5.91 Å². The van der Waals surface area contributed by atoms with Crippen molar-refractivity contribution in [3.63, 3.8) is 0 Å². The monoisotopic (exact) mass is 208 g/mol. The maximum atomic E-state index is 11.4. The smallest absolute Gasteiger partial charge is 0.220 e. The van der Waals surface area contributed by atoms with E-state index in [9.17, 15) is 4.79 Å². The van der Waals surface area contributed by atoms with Gasteiger partial charge in [-0.25, -0.2) is 0 Å². The Morgan fingerprint density at radius 2 is 1.87 bits per heavy atom. The van der Waals surface area contributed by atoms with Gasteiger partial charge in [-0.15, -0.1) is 0 Å². The van der Waals surface area contributed by atoms with E-state index < -0.39 is 0 Å². The topological polar surface area (TPSA) is 23.6 Å². The molecule has 84 valence electrons. The molecule has 0 bridgehead atoms. The molecule has 15 heavy (non-hydrogen) atoms. The molecule has 0 aromatic rings.